The lowest BCUT2D eigenvalue weighted by Crippen LogP contribution is -2.14. The molecule has 5 heteroatoms. The molecule has 0 fully saturated rings. The molecule has 0 atom stereocenters. The minimum Gasteiger partial charge on any atom is -0.477 e. The molecule has 3 aromatic rings. The van der Waals surface area contributed by atoms with E-state index in [4.69, 9.17) is 4.74 Å². The van der Waals surface area contributed by atoms with Gasteiger partial charge in [-0.2, -0.15) is 0 Å². The molecular formula is C19H21N3O2. The number of anilines is 1. The molecule has 0 bridgehead atoms. The fraction of sp³-hybridized carbons (Fsp3) is 0.263. The number of hydrogen-bond acceptors (Lipinski definition) is 3. The van der Waals surface area contributed by atoms with Crippen molar-refractivity contribution in [3.63, 3.8) is 0 Å². The lowest BCUT2D eigenvalue weighted by molar-refractivity contribution is 0.102. The summed E-state index contributed by atoms with van der Waals surface area (Å²) in [6.45, 7) is 5.48. The van der Waals surface area contributed by atoms with Crippen LogP contribution in [0.4, 0.5) is 5.69 Å². The van der Waals surface area contributed by atoms with Gasteiger partial charge in [0.2, 0.25) is 5.88 Å². The van der Waals surface area contributed by atoms with E-state index >= 15 is 0 Å². The molecule has 0 aliphatic heterocycles. The van der Waals surface area contributed by atoms with Crippen LogP contribution in [0.15, 0.2) is 48.8 Å². The Labute approximate surface area is 141 Å². The molecule has 0 aliphatic carbocycles. The summed E-state index contributed by atoms with van der Waals surface area (Å²) in [5.74, 6) is 0.131. The van der Waals surface area contributed by atoms with Crippen LogP contribution in [0.5, 0.6) is 5.88 Å². The van der Waals surface area contributed by atoms with Gasteiger partial charge in [0.1, 0.15) is 5.56 Å². The van der Waals surface area contributed by atoms with Crippen LogP contribution < -0.4 is 10.1 Å². The fourth-order valence-corrected chi connectivity index (χ4v) is 2.73. The van der Waals surface area contributed by atoms with Crippen molar-refractivity contribution in [2.75, 3.05) is 11.9 Å². The Kier molecular flexibility index (Phi) is 4.79. The number of fused-ring (bicyclic) bond motifs is 1. The topological polar surface area (TPSA) is 56.2 Å². The van der Waals surface area contributed by atoms with Gasteiger partial charge in [0.25, 0.3) is 5.91 Å². The van der Waals surface area contributed by atoms with Crippen molar-refractivity contribution in [2.24, 2.45) is 0 Å². The first-order valence-electron chi connectivity index (χ1n) is 8.21. The van der Waals surface area contributed by atoms with E-state index in [1.54, 1.807) is 18.3 Å². The highest BCUT2D eigenvalue weighted by Crippen LogP contribution is 2.22. The molecule has 0 unspecified atom stereocenters. The summed E-state index contributed by atoms with van der Waals surface area (Å²) in [5.41, 5.74) is 2.36. The smallest absolute Gasteiger partial charge is 0.261 e. The van der Waals surface area contributed by atoms with E-state index in [9.17, 15) is 4.79 Å². The quantitative estimate of drug-likeness (QED) is 0.743. The molecule has 3 rings (SSSR count). The summed E-state index contributed by atoms with van der Waals surface area (Å²) in [6, 6.07) is 11.4. The minimum atomic E-state index is -0.223. The van der Waals surface area contributed by atoms with Gasteiger partial charge in [-0.05, 0) is 49.7 Å². The van der Waals surface area contributed by atoms with Crippen LogP contribution in [0, 0.1) is 0 Å². The van der Waals surface area contributed by atoms with Crippen LogP contribution in [0.25, 0.3) is 10.9 Å². The van der Waals surface area contributed by atoms with E-state index in [1.165, 1.54) is 5.52 Å². The van der Waals surface area contributed by atoms with Crippen molar-refractivity contribution in [1.29, 1.82) is 0 Å². The molecule has 0 radical (unpaired) electrons. The maximum absolute atomic E-state index is 12.5. The molecule has 0 aliphatic rings. The summed E-state index contributed by atoms with van der Waals surface area (Å²) in [4.78, 5) is 16.6. The van der Waals surface area contributed by atoms with Crippen molar-refractivity contribution >= 4 is 22.5 Å². The van der Waals surface area contributed by atoms with Gasteiger partial charge in [0.15, 0.2) is 0 Å². The van der Waals surface area contributed by atoms with Gasteiger partial charge in [-0.25, -0.2) is 4.98 Å². The van der Waals surface area contributed by atoms with Gasteiger partial charge in [-0.15, -0.1) is 0 Å². The van der Waals surface area contributed by atoms with Crippen LogP contribution in [0.2, 0.25) is 0 Å². The lowest BCUT2D eigenvalue weighted by Gasteiger charge is -2.10. The third-order valence-electron chi connectivity index (χ3n) is 3.79. The summed E-state index contributed by atoms with van der Waals surface area (Å²) >= 11 is 0. The predicted octanol–water partition coefficient (Wildman–Crippen LogP) is 4.10. The number of pyridine rings is 1. The number of amides is 1. The third-order valence-corrected chi connectivity index (χ3v) is 3.79. The second-order valence-electron chi connectivity index (χ2n) is 5.53. The first-order chi connectivity index (χ1) is 11.7. The fourth-order valence-electron chi connectivity index (χ4n) is 2.73. The van der Waals surface area contributed by atoms with E-state index in [-0.39, 0.29) is 5.91 Å². The number of rotatable bonds is 6. The molecule has 1 N–H and O–H groups in total. The van der Waals surface area contributed by atoms with E-state index in [2.05, 4.69) is 34.1 Å². The molecule has 0 saturated carbocycles. The summed E-state index contributed by atoms with van der Waals surface area (Å²) in [7, 11) is 0. The van der Waals surface area contributed by atoms with Crippen LogP contribution in [-0.4, -0.2) is 22.1 Å². The second-order valence-corrected chi connectivity index (χ2v) is 5.53. The van der Waals surface area contributed by atoms with Gasteiger partial charge in [-0.1, -0.05) is 6.92 Å². The zero-order chi connectivity index (χ0) is 16.9. The zero-order valence-corrected chi connectivity index (χ0v) is 14.0. The average Bonchev–Trinajstić information content (AvgIpc) is 2.98. The van der Waals surface area contributed by atoms with Crippen molar-refractivity contribution < 1.29 is 9.53 Å². The molecule has 5 nitrogen and oxygen atoms in total. The van der Waals surface area contributed by atoms with Gasteiger partial charge >= 0.3 is 0 Å². The highest BCUT2D eigenvalue weighted by molar-refractivity contribution is 6.06. The van der Waals surface area contributed by atoms with Gasteiger partial charge in [0, 0.05) is 35.5 Å². The molecule has 0 saturated heterocycles. The van der Waals surface area contributed by atoms with Crippen molar-refractivity contribution in [2.45, 2.75) is 26.8 Å². The molecule has 2 aromatic heterocycles. The second kappa shape index (κ2) is 7.17. The number of aryl methyl sites for hydroxylation is 1. The normalized spacial score (nSPS) is 10.8. The Morgan fingerprint density at radius 3 is 2.92 bits per heavy atom. The number of benzene rings is 1. The maximum Gasteiger partial charge on any atom is 0.261 e. The highest BCUT2D eigenvalue weighted by Gasteiger charge is 2.14. The summed E-state index contributed by atoms with van der Waals surface area (Å²) < 4.78 is 7.64. The molecule has 0 spiro atoms. The Balaban J connectivity index is 1.83. The standard InChI is InChI=1S/C19H21N3O2/c1-3-11-22-12-9-14-13-15(7-8-17(14)22)21-18(23)16-6-5-10-20-19(16)24-4-2/h5-10,12-13H,3-4,11H2,1-2H3,(H,21,23). The van der Waals surface area contributed by atoms with Gasteiger partial charge in [0.05, 0.1) is 6.61 Å². The Morgan fingerprint density at radius 1 is 1.25 bits per heavy atom. The predicted molar refractivity (Wildman–Crippen MR) is 95.6 cm³/mol. The lowest BCUT2D eigenvalue weighted by atomic mass is 10.2. The monoisotopic (exact) mass is 323 g/mol. The first kappa shape index (κ1) is 16.1. The van der Waals surface area contributed by atoms with Crippen LogP contribution in [0.1, 0.15) is 30.6 Å². The zero-order valence-electron chi connectivity index (χ0n) is 14.0. The van der Waals surface area contributed by atoms with Crippen molar-refractivity contribution in [3.8, 4) is 5.88 Å². The Morgan fingerprint density at radius 2 is 2.12 bits per heavy atom. The molecule has 1 amide bonds. The number of nitrogens with zero attached hydrogens (tertiary/aromatic N) is 2. The van der Waals surface area contributed by atoms with Crippen LogP contribution >= 0.6 is 0 Å². The SMILES string of the molecule is CCCn1ccc2cc(NC(=O)c3cccnc3OCC)ccc21. The summed E-state index contributed by atoms with van der Waals surface area (Å²) in [5, 5.41) is 4.03. The Bertz CT molecular complexity index is 855. The molecule has 2 heterocycles. The van der Waals surface area contributed by atoms with E-state index < -0.39 is 0 Å². The highest BCUT2D eigenvalue weighted by atomic mass is 16.5. The van der Waals surface area contributed by atoms with E-state index in [0.29, 0.717) is 18.1 Å². The number of carbonyl (C=O) groups is 1. The van der Waals surface area contributed by atoms with Gasteiger partial charge in [-0.3, -0.25) is 4.79 Å². The van der Waals surface area contributed by atoms with Crippen molar-refractivity contribution in [3.05, 3.63) is 54.4 Å². The van der Waals surface area contributed by atoms with E-state index in [1.807, 2.05) is 25.1 Å². The average molecular weight is 323 g/mol. The van der Waals surface area contributed by atoms with E-state index in [0.717, 1.165) is 24.0 Å². The molecule has 24 heavy (non-hydrogen) atoms. The number of aromatic nitrogens is 2. The molecular weight excluding hydrogens is 302 g/mol. The van der Waals surface area contributed by atoms with Crippen LogP contribution in [-0.2, 0) is 6.54 Å². The number of carbonyl (C=O) groups excluding carboxylic acids is 1. The Hall–Kier alpha value is -2.82. The number of ether oxygens (including phenoxy) is 1. The first-order valence-corrected chi connectivity index (χ1v) is 8.21. The minimum absolute atomic E-state index is 0.223. The molecule has 124 valence electrons. The maximum atomic E-state index is 12.5. The number of hydrogen-bond donors (Lipinski definition) is 1. The van der Waals surface area contributed by atoms with Crippen molar-refractivity contribution in [1.82, 2.24) is 9.55 Å². The van der Waals surface area contributed by atoms with Crippen LogP contribution in [0.3, 0.4) is 0 Å². The summed E-state index contributed by atoms with van der Waals surface area (Å²) in [6.07, 6.45) is 4.78. The number of nitrogens with one attached hydrogen (secondary N) is 1. The van der Waals surface area contributed by atoms with Gasteiger partial charge < -0.3 is 14.6 Å². The molecule has 1 aromatic carbocycles. The largest absolute Gasteiger partial charge is 0.477 e. The third kappa shape index (κ3) is 3.25.